The Balaban J connectivity index is 2.11. The third-order valence-corrected chi connectivity index (χ3v) is 4.38. The van der Waals surface area contributed by atoms with E-state index in [1.807, 2.05) is 32.9 Å². The largest absolute Gasteiger partial charge is 0.454 e. The van der Waals surface area contributed by atoms with Crippen LogP contribution >= 0.6 is 0 Å². The normalized spacial score (nSPS) is 11.9. The molecule has 2 aromatic rings. The summed E-state index contributed by atoms with van der Waals surface area (Å²) >= 11 is 0. The van der Waals surface area contributed by atoms with E-state index in [0.717, 1.165) is 11.4 Å². The van der Waals surface area contributed by atoms with Crippen molar-refractivity contribution >= 4 is 17.4 Å². The number of methoxy groups -OCH3 is 1. The van der Waals surface area contributed by atoms with Crippen molar-refractivity contribution in [1.82, 2.24) is 4.57 Å². The van der Waals surface area contributed by atoms with Crippen molar-refractivity contribution in [1.29, 1.82) is 0 Å². The first-order valence-corrected chi connectivity index (χ1v) is 8.55. The molecule has 0 spiro atoms. The average Bonchev–Trinajstić information content (AvgIpc) is 2.93. The van der Waals surface area contributed by atoms with Gasteiger partial charge in [-0.25, -0.2) is 4.79 Å². The molecule has 1 N–H and O–H groups in total. The van der Waals surface area contributed by atoms with Crippen molar-refractivity contribution in [2.24, 2.45) is 0 Å². The number of ketones is 1. The highest BCUT2D eigenvalue weighted by Gasteiger charge is 2.20. The highest BCUT2D eigenvalue weighted by molar-refractivity contribution is 6.01. The predicted octanol–water partition coefficient (Wildman–Crippen LogP) is 3.39. The Bertz CT molecular complexity index is 795. The summed E-state index contributed by atoms with van der Waals surface area (Å²) in [5.74, 6) is -0.742. The molecule has 0 fully saturated rings. The van der Waals surface area contributed by atoms with Crippen LogP contribution in [0, 0.1) is 13.8 Å². The number of para-hydroxylation sites is 1. The minimum Gasteiger partial charge on any atom is -0.454 e. The Hall–Kier alpha value is -2.60. The number of hydrogen-bond acceptors (Lipinski definition) is 5. The minimum atomic E-state index is -0.523. The molecule has 1 atom stereocenters. The Morgan fingerprint density at radius 1 is 1.19 bits per heavy atom. The second-order valence-electron chi connectivity index (χ2n) is 6.25. The first-order valence-electron chi connectivity index (χ1n) is 8.55. The summed E-state index contributed by atoms with van der Waals surface area (Å²) in [5, 5.41) is 2.94. The van der Waals surface area contributed by atoms with Gasteiger partial charge in [0.05, 0.1) is 18.2 Å². The number of ether oxygens (including phenoxy) is 2. The minimum absolute atomic E-state index is 0.117. The number of aromatic nitrogens is 1. The standard InChI is InChI=1S/C20H26N2O4/c1-13-10-17(15(3)22(13)14(2)11-25-5)19(23)12-26-20(24)16-8-6-7-9-18(16)21-4/h6-10,14,21H,11-12H2,1-5H3. The van der Waals surface area contributed by atoms with E-state index >= 15 is 0 Å². The number of anilines is 1. The van der Waals surface area contributed by atoms with E-state index in [-0.39, 0.29) is 18.4 Å². The molecule has 0 radical (unpaired) electrons. The molecule has 0 saturated heterocycles. The molecule has 6 heteroatoms. The third kappa shape index (κ3) is 4.14. The molecule has 1 aromatic carbocycles. The molecular formula is C20H26N2O4. The summed E-state index contributed by atoms with van der Waals surface area (Å²) in [6.45, 7) is 6.14. The van der Waals surface area contributed by atoms with Crippen LogP contribution < -0.4 is 5.32 Å². The fraction of sp³-hybridized carbons (Fsp3) is 0.400. The van der Waals surface area contributed by atoms with E-state index in [9.17, 15) is 9.59 Å². The van der Waals surface area contributed by atoms with Crippen LogP contribution in [0.2, 0.25) is 0 Å². The maximum absolute atomic E-state index is 12.6. The van der Waals surface area contributed by atoms with Gasteiger partial charge in [-0.15, -0.1) is 0 Å². The van der Waals surface area contributed by atoms with Gasteiger partial charge < -0.3 is 19.4 Å². The molecule has 0 amide bonds. The molecule has 2 rings (SSSR count). The maximum Gasteiger partial charge on any atom is 0.340 e. The summed E-state index contributed by atoms with van der Waals surface area (Å²) in [5.41, 5.74) is 3.46. The number of carbonyl (C=O) groups excluding carboxylic acids is 2. The SMILES string of the molecule is CNc1ccccc1C(=O)OCC(=O)c1cc(C)n(C(C)COC)c1C. The number of carbonyl (C=O) groups is 2. The van der Waals surface area contributed by atoms with Gasteiger partial charge in [-0.1, -0.05) is 12.1 Å². The van der Waals surface area contributed by atoms with Gasteiger partial charge in [0.2, 0.25) is 5.78 Å². The van der Waals surface area contributed by atoms with Gasteiger partial charge in [0.1, 0.15) is 0 Å². The first kappa shape index (κ1) is 19.7. The van der Waals surface area contributed by atoms with Gasteiger partial charge in [0, 0.05) is 36.8 Å². The van der Waals surface area contributed by atoms with E-state index in [1.165, 1.54) is 0 Å². The predicted molar refractivity (Wildman–Crippen MR) is 101 cm³/mol. The third-order valence-electron chi connectivity index (χ3n) is 4.38. The van der Waals surface area contributed by atoms with Crippen LogP contribution in [0.25, 0.3) is 0 Å². The molecule has 1 heterocycles. The van der Waals surface area contributed by atoms with Crippen molar-refractivity contribution in [2.45, 2.75) is 26.8 Å². The monoisotopic (exact) mass is 358 g/mol. The van der Waals surface area contributed by atoms with Crippen LogP contribution in [-0.2, 0) is 9.47 Å². The Morgan fingerprint density at radius 3 is 2.54 bits per heavy atom. The lowest BCUT2D eigenvalue weighted by Crippen LogP contribution is -2.17. The molecule has 0 saturated carbocycles. The van der Waals surface area contributed by atoms with Gasteiger partial charge in [0.25, 0.3) is 0 Å². The van der Waals surface area contributed by atoms with E-state index in [4.69, 9.17) is 9.47 Å². The zero-order valence-corrected chi connectivity index (χ0v) is 16.0. The number of rotatable bonds is 8. The molecule has 1 aromatic heterocycles. The summed E-state index contributed by atoms with van der Waals surface area (Å²) in [6.07, 6.45) is 0. The number of Topliss-reactive ketones (excluding diaryl/α,β-unsaturated/α-hetero) is 1. The number of nitrogens with zero attached hydrogens (tertiary/aromatic N) is 1. The van der Waals surface area contributed by atoms with Gasteiger partial charge in [-0.2, -0.15) is 0 Å². The van der Waals surface area contributed by atoms with Crippen LogP contribution in [-0.4, -0.2) is 43.7 Å². The molecule has 0 aliphatic carbocycles. The Labute approximate surface area is 154 Å². The molecule has 1 unspecified atom stereocenters. The van der Waals surface area contributed by atoms with Crippen LogP contribution in [0.15, 0.2) is 30.3 Å². The number of hydrogen-bond donors (Lipinski definition) is 1. The average molecular weight is 358 g/mol. The van der Waals surface area contributed by atoms with E-state index in [1.54, 1.807) is 32.4 Å². The number of benzene rings is 1. The van der Waals surface area contributed by atoms with E-state index in [0.29, 0.717) is 23.4 Å². The van der Waals surface area contributed by atoms with E-state index < -0.39 is 5.97 Å². The number of esters is 1. The Morgan fingerprint density at radius 2 is 1.88 bits per heavy atom. The van der Waals surface area contributed by atoms with Gasteiger partial charge in [0.15, 0.2) is 6.61 Å². The Kier molecular flexibility index (Phi) is 6.58. The molecule has 0 aliphatic rings. The summed E-state index contributed by atoms with van der Waals surface area (Å²) in [6, 6.07) is 8.97. The first-order chi connectivity index (χ1) is 12.4. The molecule has 140 valence electrons. The highest BCUT2D eigenvalue weighted by atomic mass is 16.5. The van der Waals surface area contributed by atoms with Crippen LogP contribution in [0.3, 0.4) is 0 Å². The van der Waals surface area contributed by atoms with Crippen molar-refractivity contribution in [3.8, 4) is 0 Å². The number of aryl methyl sites for hydroxylation is 1. The van der Waals surface area contributed by atoms with Gasteiger partial charge in [-0.3, -0.25) is 4.79 Å². The van der Waals surface area contributed by atoms with Crippen molar-refractivity contribution in [3.05, 3.63) is 52.8 Å². The second-order valence-corrected chi connectivity index (χ2v) is 6.25. The topological polar surface area (TPSA) is 69.6 Å². The maximum atomic E-state index is 12.6. The van der Waals surface area contributed by atoms with Gasteiger partial charge in [-0.05, 0) is 39.0 Å². The van der Waals surface area contributed by atoms with Crippen molar-refractivity contribution < 1.29 is 19.1 Å². The molecular weight excluding hydrogens is 332 g/mol. The summed E-state index contributed by atoms with van der Waals surface area (Å²) in [7, 11) is 3.38. The lowest BCUT2D eigenvalue weighted by molar-refractivity contribution is 0.0475. The van der Waals surface area contributed by atoms with Crippen LogP contribution in [0.1, 0.15) is 45.1 Å². The van der Waals surface area contributed by atoms with Gasteiger partial charge >= 0.3 is 5.97 Å². The molecule has 0 aliphatic heterocycles. The van der Waals surface area contributed by atoms with Crippen LogP contribution in [0.4, 0.5) is 5.69 Å². The highest BCUT2D eigenvalue weighted by Crippen LogP contribution is 2.22. The summed E-state index contributed by atoms with van der Waals surface area (Å²) < 4.78 is 12.5. The molecule has 0 bridgehead atoms. The lowest BCUT2D eigenvalue weighted by atomic mass is 10.1. The zero-order chi connectivity index (χ0) is 19.3. The quantitative estimate of drug-likeness (QED) is 0.579. The lowest BCUT2D eigenvalue weighted by Gasteiger charge is -2.17. The second kappa shape index (κ2) is 8.67. The molecule has 6 nitrogen and oxygen atoms in total. The van der Waals surface area contributed by atoms with E-state index in [2.05, 4.69) is 9.88 Å². The molecule has 26 heavy (non-hydrogen) atoms. The zero-order valence-electron chi connectivity index (χ0n) is 16.0. The smallest absolute Gasteiger partial charge is 0.340 e. The fourth-order valence-corrected chi connectivity index (χ4v) is 3.22. The summed E-state index contributed by atoms with van der Waals surface area (Å²) in [4.78, 5) is 24.8. The van der Waals surface area contributed by atoms with Crippen molar-refractivity contribution in [2.75, 3.05) is 32.7 Å². The number of nitrogens with one attached hydrogen (secondary N) is 1. The van der Waals surface area contributed by atoms with Crippen LogP contribution in [0.5, 0.6) is 0 Å². The fourth-order valence-electron chi connectivity index (χ4n) is 3.22. The van der Waals surface area contributed by atoms with Crippen molar-refractivity contribution in [3.63, 3.8) is 0 Å².